The second kappa shape index (κ2) is 3.11. The minimum absolute atomic E-state index is 0.113. The molecule has 7 heteroatoms. The summed E-state index contributed by atoms with van der Waals surface area (Å²) in [4.78, 5) is 27.2. The number of nitrogens with one attached hydrogen (secondary N) is 2. The zero-order valence-electron chi connectivity index (χ0n) is 6.93. The summed E-state index contributed by atoms with van der Waals surface area (Å²) < 4.78 is 2.34. The van der Waals surface area contributed by atoms with Gasteiger partial charge in [0.25, 0.3) is 0 Å². The number of rotatable bonds is 0. The fourth-order valence-corrected chi connectivity index (χ4v) is 1.35. The fourth-order valence-electron chi connectivity index (χ4n) is 1.06. The van der Waals surface area contributed by atoms with Gasteiger partial charge < -0.3 is 9.97 Å². The number of thiocarbonyl (C=S) groups is 1. The first-order valence-corrected chi connectivity index (χ1v) is 4.18. The highest BCUT2D eigenvalue weighted by Crippen LogP contribution is 1.86. The van der Waals surface area contributed by atoms with Crippen molar-refractivity contribution in [3.63, 3.8) is 0 Å². The van der Waals surface area contributed by atoms with Crippen LogP contribution in [0, 0.1) is 0 Å². The Labute approximate surface area is 82.8 Å². The van der Waals surface area contributed by atoms with Crippen LogP contribution >= 0.6 is 12.2 Å². The van der Waals surface area contributed by atoms with Crippen molar-refractivity contribution >= 4 is 17.3 Å². The highest BCUT2D eigenvalue weighted by atomic mass is 32.1. The Morgan fingerprint density at radius 3 is 1.79 bits per heavy atom. The van der Waals surface area contributed by atoms with Crippen molar-refractivity contribution in [1.82, 2.24) is 19.1 Å². The van der Waals surface area contributed by atoms with Gasteiger partial charge >= 0.3 is 11.4 Å². The lowest BCUT2D eigenvalue weighted by molar-refractivity contribution is 0.953. The van der Waals surface area contributed by atoms with Crippen LogP contribution in [-0.4, -0.2) is 24.2 Å². The Kier molecular flexibility index (Phi) is 1.93. The third-order valence-corrected chi connectivity index (χ3v) is 2.10. The smallest absolute Gasteiger partial charge is 0.312 e. The molecule has 0 saturated carbocycles. The van der Waals surface area contributed by atoms with Crippen LogP contribution in [0.1, 0.15) is 0 Å². The van der Waals surface area contributed by atoms with Gasteiger partial charge in [0.2, 0.25) is 0 Å². The molecule has 0 aliphatic rings. The molecular formula is C7H6N4O2S. The summed E-state index contributed by atoms with van der Waals surface area (Å²) in [5.41, 5.74) is -0.744. The summed E-state index contributed by atoms with van der Waals surface area (Å²) in [7, 11) is 0. The maximum atomic E-state index is 11.2. The standard InChI is InChI=1S/C7H6N4O2S/c12-5-8-1-3-10(5)7(14)11-4-2-9-6(11)13/h1-4H,(H,8,12)(H,9,13). The molecule has 0 fully saturated rings. The molecular weight excluding hydrogens is 204 g/mol. The van der Waals surface area contributed by atoms with Gasteiger partial charge in [0, 0.05) is 24.8 Å². The number of aromatic amines is 2. The average Bonchev–Trinajstić information content (AvgIpc) is 2.73. The maximum absolute atomic E-state index is 11.2. The van der Waals surface area contributed by atoms with Crippen LogP contribution in [0.4, 0.5) is 0 Å². The lowest BCUT2D eigenvalue weighted by atomic mass is 10.8. The monoisotopic (exact) mass is 210 g/mol. The first-order chi connectivity index (χ1) is 6.70. The number of imidazole rings is 2. The van der Waals surface area contributed by atoms with E-state index in [2.05, 4.69) is 9.97 Å². The van der Waals surface area contributed by atoms with Crippen molar-refractivity contribution in [2.75, 3.05) is 0 Å². The molecule has 0 radical (unpaired) electrons. The molecule has 0 bridgehead atoms. The van der Waals surface area contributed by atoms with Gasteiger partial charge in [-0.3, -0.25) is 0 Å². The van der Waals surface area contributed by atoms with Crippen LogP contribution < -0.4 is 11.4 Å². The zero-order chi connectivity index (χ0) is 10.1. The molecule has 0 atom stereocenters. The second-order valence-electron chi connectivity index (χ2n) is 2.55. The Morgan fingerprint density at radius 1 is 1.07 bits per heavy atom. The molecule has 0 aromatic carbocycles. The van der Waals surface area contributed by atoms with Crippen molar-refractivity contribution in [2.45, 2.75) is 0 Å². The molecule has 72 valence electrons. The molecule has 0 saturated heterocycles. The van der Waals surface area contributed by atoms with E-state index < -0.39 is 0 Å². The van der Waals surface area contributed by atoms with Gasteiger partial charge in [0.1, 0.15) is 0 Å². The Morgan fingerprint density at radius 2 is 1.50 bits per heavy atom. The average molecular weight is 210 g/mol. The highest BCUT2D eigenvalue weighted by Gasteiger charge is 2.07. The summed E-state index contributed by atoms with van der Waals surface area (Å²) in [6.45, 7) is 0. The summed E-state index contributed by atoms with van der Waals surface area (Å²) >= 11 is 4.96. The minimum atomic E-state index is -0.372. The largest absolute Gasteiger partial charge is 0.331 e. The Balaban J connectivity index is 2.54. The van der Waals surface area contributed by atoms with Crippen molar-refractivity contribution in [1.29, 1.82) is 0 Å². The van der Waals surface area contributed by atoms with Gasteiger partial charge in [0.05, 0.1) is 0 Å². The molecule has 0 aliphatic heterocycles. The van der Waals surface area contributed by atoms with E-state index in [0.29, 0.717) is 0 Å². The number of H-pyrrole nitrogens is 2. The molecule has 0 aliphatic carbocycles. The van der Waals surface area contributed by atoms with Crippen LogP contribution in [0.25, 0.3) is 0 Å². The van der Waals surface area contributed by atoms with Gasteiger partial charge in [-0.2, -0.15) is 0 Å². The van der Waals surface area contributed by atoms with Crippen LogP contribution in [-0.2, 0) is 0 Å². The Bertz CT molecular complexity index is 522. The highest BCUT2D eigenvalue weighted by molar-refractivity contribution is 7.80. The van der Waals surface area contributed by atoms with E-state index in [1.54, 1.807) is 0 Å². The lowest BCUT2D eigenvalue weighted by Crippen LogP contribution is -2.33. The van der Waals surface area contributed by atoms with Gasteiger partial charge in [-0.15, -0.1) is 0 Å². The van der Waals surface area contributed by atoms with Crippen molar-refractivity contribution < 1.29 is 0 Å². The quantitative estimate of drug-likeness (QED) is 0.567. The van der Waals surface area contributed by atoms with E-state index in [1.807, 2.05) is 0 Å². The van der Waals surface area contributed by atoms with Gasteiger partial charge in [0.15, 0.2) is 5.11 Å². The molecule has 0 unspecified atom stereocenters. The molecule has 2 aromatic heterocycles. The minimum Gasteiger partial charge on any atom is -0.312 e. The normalized spacial score (nSPS) is 10.3. The number of aromatic nitrogens is 4. The Hall–Kier alpha value is -1.89. The molecule has 2 N–H and O–H groups in total. The summed E-state index contributed by atoms with van der Waals surface area (Å²) in [5.74, 6) is 0. The van der Waals surface area contributed by atoms with E-state index >= 15 is 0 Å². The van der Waals surface area contributed by atoms with Crippen molar-refractivity contribution in [3.8, 4) is 0 Å². The van der Waals surface area contributed by atoms with Crippen molar-refractivity contribution in [3.05, 3.63) is 45.8 Å². The third kappa shape index (κ3) is 1.23. The number of hydrogen-bond acceptors (Lipinski definition) is 3. The van der Waals surface area contributed by atoms with Crippen LogP contribution in [0.3, 0.4) is 0 Å². The molecule has 6 nitrogen and oxygen atoms in total. The summed E-state index contributed by atoms with van der Waals surface area (Å²) in [6, 6.07) is 0. The van der Waals surface area contributed by atoms with E-state index in [4.69, 9.17) is 12.2 Å². The van der Waals surface area contributed by atoms with E-state index in [1.165, 1.54) is 33.9 Å². The van der Waals surface area contributed by atoms with Gasteiger partial charge in [-0.1, -0.05) is 0 Å². The SMILES string of the molecule is O=c1[nH]ccn1C(=S)n1cc[nH]c1=O. The van der Waals surface area contributed by atoms with Crippen LogP contribution in [0.15, 0.2) is 34.4 Å². The zero-order valence-corrected chi connectivity index (χ0v) is 7.75. The molecule has 2 heterocycles. The van der Waals surface area contributed by atoms with E-state index in [-0.39, 0.29) is 16.5 Å². The van der Waals surface area contributed by atoms with Gasteiger partial charge in [-0.05, 0) is 12.2 Å². The summed E-state index contributed by atoms with van der Waals surface area (Å²) in [5, 5.41) is 0.113. The third-order valence-electron chi connectivity index (χ3n) is 1.71. The van der Waals surface area contributed by atoms with Crippen LogP contribution in [0.5, 0.6) is 0 Å². The van der Waals surface area contributed by atoms with E-state index in [0.717, 1.165) is 0 Å². The molecule has 2 aromatic rings. The van der Waals surface area contributed by atoms with Crippen LogP contribution in [0.2, 0.25) is 0 Å². The lowest BCUT2D eigenvalue weighted by Gasteiger charge is -2.01. The first-order valence-electron chi connectivity index (χ1n) is 3.77. The van der Waals surface area contributed by atoms with Crippen molar-refractivity contribution in [2.24, 2.45) is 0 Å². The topological polar surface area (TPSA) is 75.6 Å². The molecule has 2 rings (SSSR count). The number of nitrogens with zero attached hydrogens (tertiary/aromatic N) is 2. The summed E-state index contributed by atoms with van der Waals surface area (Å²) in [6.07, 6.45) is 5.83. The maximum Gasteiger partial charge on any atom is 0.331 e. The molecule has 0 spiro atoms. The van der Waals surface area contributed by atoms with Gasteiger partial charge in [-0.25, -0.2) is 18.7 Å². The fraction of sp³-hybridized carbons (Fsp3) is 0. The van der Waals surface area contributed by atoms with E-state index in [9.17, 15) is 9.59 Å². The first kappa shape index (κ1) is 8.70. The second-order valence-corrected chi connectivity index (χ2v) is 2.92. The predicted molar refractivity (Wildman–Crippen MR) is 53.5 cm³/mol. The predicted octanol–water partition coefficient (Wildman–Crippen LogP) is -0.653. The number of hydrogen-bond donors (Lipinski definition) is 2. The molecule has 0 amide bonds. The molecule has 14 heavy (non-hydrogen) atoms.